The Kier molecular flexibility index (Phi) is 8.70. The maximum absolute atomic E-state index is 3.81. The average molecular weight is 224 g/mol. The van der Waals surface area contributed by atoms with Crippen LogP contribution in [-0.4, -0.2) is 0 Å². The number of rotatable bonds is 9. The van der Waals surface area contributed by atoms with Gasteiger partial charge < -0.3 is 0 Å². The van der Waals surface area contributed by atoms with E-state index in [1.54, 1.807) is 0 Å². The van der Waals surface area contributed by atoms with Crippen molar-refractivity contribution in [3.63, 3.8) is 0 Å². The average Bonchev–Trinajstić information content (AvgIpc) is 2.24. The molecule has 0 radical (unpaired) electrons. The lowest BCUT2D eigenvalue weighted by molar-refractivity contribution is 0.216. The molecule has 0 aliphatic carbocycles. The van der Waals surface area contributed by atoms with Crippen molar-refractivity contribution < 1.29 is 0 Å². The Morgan fingerprint density at radius 2 is 1.69 bits per heavy atom. The van der Waals surface area contributed by atoms with E-state index in [0.717, 1.165) is 23.7 Å². The van der Waals surface area contributed by atoms with Crippen LogP contribution in [-0.2, 0) is 0 Å². The lowest BCUT2D eigenvalue weighted by Crippen LogP contribution is -2.19. The van der Waals surface area contributed by atoms with Crippen LogP contribution in [0.25, 0.3) is 0 Å². The van der Waals surface area contributed by atoms with E-state index >= 15 is 0 Å². The minimum atomic E-state index is 0.822. The molecule has 0 heterocycles. The molecule has 3 atom stereocenters. The summed E-state index contributed by atoms with van der Waals surface area (Å²) in [4.78, 5) is 0. The maximum Gasteiger partial charge on any atom is -0.0351 e. The lowest BCUT2D eigenvalue weighted by Gasteiger charge is -2.29. The highest BCUT2D eigenvalue weighted by Crippen LogP contribution is 2.31. The van der Waals surface area contributed by atoms with Crippen molar-refractivity contribution in [2.45, 2.75) is 66.7 Å². The molecule has 0 aromatic heterocycles. The van der Waals surface area contributed by atoms with Crippen molar-refractivity contribution >= 4 is 0 Å². The van der Waals surface area contributed by atoms with E-state index < -0.39 is 0 Å². The Hall–Kier alpha value is -0.260. The van der Waals surface area contributed by atoms with Gasteiger partial charge in [0.1, 0.15) is 0 Å². The summed E-state index contributed by atoms with van der Waals surface area (Å²) < 4.78 is 0. The third kappa shape index (κ3) is 6.35. The first-order chi connectivity index (χ1) is 7.52. The molecule has 0 amide bonds. The molecule has 3 unspecified atom stereocenters. The zero-order valence-electron chi connectivity index (χ0n) is 12.1. The van der Waals surface area contributed by atoms with Crippen LogP contribution in [0, 0.1) is 23.7 Å². The van der Waals surface area contributed by atoms with E-state index in [4.69, 9.17) is 0 Å². The predicted molar refractivity (Wildman–Crippen MR) is 75.6 cm³/mol. The zero-order chi connectivity index (χ0) is 12.6. The molecule has 0 aliphatic rings. The van der Waals surface area contributed by atoms with E-state index in [2.05, 4.69) is 47.3 Å². The highest BCUT2D eigenvalue weighted by atomic mass is 14.3. The van der Waals surface area contributed by atoms with E-state index in [-0.39, 0.29) is 0 Å². The molecule has 0 heteroatoms. The van der Waals surface area contributed by atoms with Gasteiger partial charge >= 0.3 is 0 Å². The second kappa shape index (κ2) is 8.84. The van der Waals surface area contributed by atoms with Crippen LogP contribution < -0.4 is 0 Å². The molecule has 96 valence electrons. The van der Waals surface area contributed by atoms with Crippen molar-refractivity contribution in [2.75, 3.05) is 0 Å². The van der Waals surface area contributed by atoms with Crippen molar-refractivity contribution in [3.8, 4) is 0 Å². The van der Waals surface area contributed by atoms with E-state index in [1.165, 1.54) is 32.1 Å². The molecule has 0 saturated carbocycles. The molecular formula is C16H32. The van der Waals surface area contributed by atoms with Crippen molar-refractivity contribution in [2.24, 2.45) is 23.7 Å². The van der Waals surface area contributed by atoms with Crippen LogP contribution in [0.5, 0.6) is 0 Å². The summed E-state index contributed by atoms with van der Waals surface area (Å²) in [5.41, 5.74) is 0. The number of hydrogen-bond donors (Lipinski definition) is 0. The summed E-state index contributed by atoms with van der Waals surface area (Å²) in [6.07, 6.45) is 8.68. The monoisotopic (exact) mass is 224 g/mol. The minimum Gasteiger partial charge on any atom is -0.103 e. The van der Waals surface area contributed by atoms with Crippen LogP contribution in [0.1, 0.15) is 66.7 Å². The van der Waals surface area contributed by atoms with Gasteiger partial charge in [-0.2, -0.15) is 0 Å². The first-order valence-electron chi connectivity index (χ1n) is 7.13. The molecule has 0 aliphatic heterocycles. The van der Waals surface area contributed by atoms with Gasteiger partial charge in [0.2, 0.25) is 0 Å². The highest BCUT2D eigenvalue weighted by Gasteiger charge is 2.21. The largest absolute Gasteiger partial charge is 0.103 e. The molecule has 0 N–H and O–H groups in total. The fourth-order valence-electron chi connectivity index (χ4n) is 2.55. The van der Waals surface area contributed by atoms with Crippen LogP contribution >= 0.6 is 0 Å². The summed E-state index contributed by atoms with van der Waals surface area (Å²) in [7, 11) is 0. The molecule has 0 fully saturated rings. The highest BCUT2D eigenvalue weighted by molar-refractivity contribution is 4.74. The third-order valence-corrected chi connectivity index (χ3v) is 4.02. The van der Waals surface area contributed by atoms with Crippen molar-refractivity contribution in [1.29, 1.82) is 0 Å². The van der Waals surface area contributed by atoms with Gasteiger partial charge in [-0.3, -0.25) is 0 Å². The van der Waals surface area contributed by atoms with Gasteiger partial charge in [-0.25, -0.2) is 0 Å². The lowest BCUT2D eigenvalue weighted by atomic mass is 9.77. The van der Waals surface area contributed by atoms with Gasteiger partial charge in [-0.15, -0.1) is 6.58 Å². The van der Waals surface area contributed by atoms with Gasteiger partial charge in [0, 0.05) is 0 Å². The van der Waals surface area contributed by atoms with E-state index in [1.807, 2.05) is 0 Å². The van der Waals surface area contributed by atoms with Crippen molar-refractivity contribution in [3.05, 3.63) is 12.7 Å². The Morgan fingerprint density at radius 3 is 2.12 bits per heavy atom. The summed E-state index contributed by atoms with van der Waals surface area (Å²) in [5.74, 6) is 3.47. The van der Waals surface area contributed by atoms with Gasteiger partial charge in [-0.05, 0) is 42.9 Å². The first-order valence-corrected chi connectivity index (χ1v) is 7.13. The van der Waals surface area contributed by atoms with Gasteiger partial charge in [-0.1, -0.05) is 53.5 Å². The molecule has 0 bridgehead atoms. The topological polar surface area (TPSA) is 0 Å². The molecule has 0 nitrogen and oxygen atoms in total. The summed E-state index contributed by atoms with van der Waals surface area (Å²) >= 11 is 0. The molecule has 0 spiro atoms. The summed E-state index contributed by atoms with van der Waals surface area (Å²) in [5, 5.41) is 0. The smallest absolute Gasteiger partial charge is 0.0351 e. The Bertz CT molecular complexity index is 169. The standard InChI is InChI=1S/C16H32/c1-7-9-11-14(5)12-16(10-8-2)15(6)13(3)4/h7,13-16H,1,8-12H2,2-6H3. The minimum absolute atomic E-state index is 0.822. The van der Waals surface area contributed by atoms with E-state index in [0.29, 0.717) is 0 Å². The van der Waals surface area contributed by atoms with Crippen molar-refractivity contribution in [1.82, 2.24) is 0 Å². The first kappa shape index (κ1) is 15.7. The molecule has 16 heavy (non-hydrogen) atoms. The van der Waals surface area contributed by atoms with Crippen LogP contribution in [0.2, 0.25) is 0 Å². The Morgan fingerprint density at radius 1 is 1.06 bits per heavy atom. The van der Waals surface area contributed by atoms with Crippen LogP contribution in [0.15, 0.2) is 12.7 Å². The summed E-state index contributed by atoms with van der Waals surface area (Å²) in [6.45, 7) is 15.7. The molecule has 0 saturated heterocycles. The number of allylic oxidation sites excluding steroid dienone is 1. The van der Waals surface area contributed by atoms with Crippen LogP contribution in [0.4, 0.5) is 0 Å². The van der Waals surface area contributed by atoms with Crippen LogP contribution in [0.3, 0.4) is 0 Å². The second-order valence-electron chi connectivity index (χ2n) is 5.86. The molecule has 0 aromatic rings. The van der Waals surface area contributed by atoms with Gasteiger partial charge in [0.25, 0.3) is 0 Å². The predicted octanol–water partition coefficient (Wildman–Crippen LogP) is 5.69. The maximum atomic E-state index is 3.81. The van der Waals surface area contributed by atoms with E-state index in [9.17, 15) is 0 Å². The SMILES string of the molecule is C=CCCC(C)CC(CCC)C(C)C(C)C. The molecule has 0 rings (SSSR count). The second-order valence-corrected chi connectivity index (χ2v) is 5.86. The number of hydrogen-bond acceptors (Lipinski definition) is 0. The fraction of sp³-hybridized carbons (Fsp3) is 0.875. The third-order valence-electron chi connectivity index (χ3n) is 4.02. The molecular weight excluding hydrogens is 192 g/mol. The summed E-state index contributed by atoms with van der Waals surface area (Å²) in [6, 6.07) is 0. The van der Waals surface area contributed by atoms with Gasteiger partial charge in [0.05, 0.1) is 0 Å². The Labute approximate surface area is 104 Å². The zero-order valence-corrected chi connectivity index (χ0v) is 12.1. The van der Waals surface area contributed by atoms with Gasteiger partial charge in [0.15, 0.2) is 0 Å². The fourth-order valence-corrected chi connectivity index (χ4v) is 2.55. The molecule has 0 aromatic carbocycles. The normalized spacial score (nSPS) is 17.1. The quantitative estimate of drug-likeness (QED) is 0.441. The Balaban J connectivity index is 4.15.